The minimum Gasteiger partial charge on any atom is -0.390 e. The molecule has 1 unspecified atom stereocenters. The van der Waals surface area contributed by atoms with E-state index in [1.54, 1.807) is 0 Å². The maximum atomic E-state index is 10.6. The van der Waals surface area contributed by atoms with Gasteiger partial charge in [-0.25, -0.2) is 0 Å². The van der Waals surface area contributed by atoms with Gasteiger partial charge in [0.05, 0.1) is 5.60 Å². The summed E-state index contributed by atoms with van der Waals surface area (Å²) >= 11 is 0. The van der Waals surface area contributed by atoms with Crippen molar-refractivity contribution in [2.45, 2.75) is 70.8 Å². The van der Waals surface area contributed by atoms with E-state index in [1.165, 1.54) is 38.5 Å². The lowest BCUT2D eigenvalue weighted by Crippen LogP contribution is -2.41. The van der Waals surface area contributed by atoms with Crippen molar-refractivity contribution in [1.82, 2.24) is 0 Å². The SMILES string of the molecule is CC1(C)CCCC(O)(C2CCC2)CC1. The Morgan fingerprint density at radius 1 is 0.929 bits per heavy atom. The first-order chi connectivity index (χ1) is 6.52. The second-order valence-electron chi connectivity index (χ2n) is 6.25. The fraction of sp³-hybridized carbons (Fsp3) is 1.00. The summed E-state index contributed by atoms with van der Waals surface area (Å²) < 4.78 is 0. The highest BCUT2D eigenvalue weighted by Gasteiger charge is 2.42. The topological polar surface area (TPSA) is 20.2 Å². The smallest absolute Gasteiger partial charge is 0.0676 e. The van der Waals surface area contributed by atoms with Crippen LogP contribution in [0, 0.1) is 11.3 Å². The van der Waals surface area contributed by atoms with Gasteiger partial charge < -0.3 is 5.11 Å². The number of hydrogen-bond acceptors (Lipinski definition) is 1. The summed E-state index contributed by atoms with van der Waals surface area (Å²) in [5, 5.41) is 10.6. The molecule has 0 bridgehead atoms. The van der Waals surface area contributed by atoms with Gasteiger partial charge in [-0.15, -0.1) is 0 Å². The molecule has 0 aromatic heterocycles. The molecule has 14 heavy (non-hydrogen) atoms. The molecule has 0 heterocycles. The van der Waals surface area contributed by atoms with Crippen LogP contribution in [0.15, 0.2) is 0 Å². The molecule has 0 radical (unpaired) electrons. The maximum absolute atomic E-state index is 10.6. The van der Waals surface area contributed by atoms with Crippen LogP contribution in [0.4, 0.5) is 0 Å². The van der Waals surface area contributed by atoms with Gasteiger partial charge in [0.15, 0.2) is 0 Å². The standard InChI is InChI=1S/C13H24O/c1-12(2)7-4-8-13(14,10-9-12)11-5-3-6-11/h11,14H,3-10H2,1-2H3. The van der Waals surface area contributed by atoms with Gasteiger partial charge in [-0.2, -0.15) is 0 Å². The van der Waals surface area contributed by atoms with Crippen molar-refractivity contribution < 1.29 is 5.11 Å². The van der Waals surface area contributed by atoms with E-state index >= 15 is 0 Å². The predicted octanol–water partition coefficient (Wildman–Crippen LogP) is 3.51. The molecular formula is C13H24O. The zero-order chi connectivity index (χ0) is 10.2. The Labute approximate surface area is 87.9 Å². The van der Waals surface area contributed by atoms with E-state index in [4.69, 9.17) is 0 Å². The van der Waals surface area contributed by atoms with Crippen LogP contribution in [0.3, 0.4) is 0 Å². The van der Waals surface area contributed by atoms with E-state index in [-0.39, 0.29) is 5.60 Å². The molecule has 82 valence electrons. The number of rotatable bonds is 1. The van der Waals surface area contributed by atoms with Gasteiger partial charge in [-0.3, -0.25) is 0 Å². The molecule has 0 spiro atoms. The molecule has 1 heteroatoms. The molecule has 2 aliphatic carbocycles. The highest BCUT2D eigenvalue weighted by molar-refractivity contribution is 4.94. The summed E-state index contributed by atoms with van der Waals surface area (Å²) in [6.07, 6.45) is 9.72. The molecule has 2 rings (SSSR count). The van der Waals surface area contributed by atoms with Gasteiger partial charge in [0.1, 0.15) is 0 Å². The first-order valence-electron chi connectivity index (χ1n) is 6.24. The average Bonchev–Trinajstić information content (AvgIpc) is 2.08. The molecule has 0 amide bonds. The molecule has 1 N–H and O–H groups in total. The summed E-state index contributed by atoms with van der Waals surface area (Å²) in [5.74, 6) is 0.636. The minimum atomic E-state index is -0.286. The fourth-order valence-corrected chi connectivity index (χ4v) is 3.03. The van der Waals surface area contributed by atoms with E-state index in [0.717, 1.165) is 12.8 Å². The molecule has 0 saturated heterocycles. The van der Waals surface area contributed by atoms with Crippen LogP contribution < -0.4 is 0 Å². The Morgan fingerprint density at radius 3 is 2.21 bits per heavy atom. The first-order valence-corrected chi connectivity index (χ1v) is 6.24. The second-order valence-corrected chi connectivity index (χ2v) is 6.25. The zero-order valence-corrected chi connectivity index (χ0v) is 9.68. The monoisotopic (exact) mass is 196 g/mol. The third-order valence-electron chi connectivity index (χ3n) is 4.56. The number of hydrogen-bond donors (Lipinski definition) is 1. The lowest BCUT2D eigenvalue weighted by atomic mass is 9.69. The van der Waals surface area contributed by atoms with E-state index in [9.17, 15) is 5.11 Å². The summed E-state index contributed by atoms with van der Waals surface area (Å²) in [6.45, 7) is 4.69. The van der Waals surface area contributed by atoms with Crippen LogP contribution in [0.2, 0.25) is 0 Å². The summed E-state index contributed by atoms with van der Waals surface area (Å²) in [5.41, 5.74) is 0.181. The zero-order valence-electron chi connectivity index (χ0n) is 9.68. The highest BCUT2D eigenvalue weighted by atomic mass is 16.3. The Kier molecular flexibility index (Phi) is 2.63. The van der Waals surface area contributed by atoms with Crippen molar-refractivity contribution in [2.75, 3.05) is 0 Å². The Balaban J connectivity index is 1.99. The van der Waals surface area contributed by atoms with Gasteiger partial charge in [0.25, 0.3) is 0 Å². The van der Waals surface area contributed by atoms with Crippen molar-refractivity contribution in [1.29, 1.82) is 0 Å². The van der Waals surface area contributed by atoms with Crippen LogP contribution in [-0.2, 0) is 0 Å². The third kappa shape index (κ3) is 1.98. The Hall–Kier alpha value is -0.0400. The van der Waals surface area contributed by atoms with Gasteiger partial charge in [-0.1, -0.05) is 26.7 Å². The highest BCUT2D eigenvalue weighted by Crippen LogP contribution is 2.46. The molecule has 0 aromatic carbocycles. The van der Waals surface area contributed by atoms with E-state index in [0.29, 0.717) is 11.3 Å². The summed E-state index contributed by atoms with van der Waals surface area (Å²) in [7, 11) is 0. The van der Waals surface area contributed by atoms with Gasteiger partial charge in [0, 0.05) is 0 Å². The molecule has 2 fully saturated rings. The van der Waals surface area contributed by atoms with Crippen LogP contribution in [-0.4, -0.2) is 10.7 Å². The summed E-state index contributed by atoms with van der Waals surface area (Å²) in [6, 6.07) is 0. The first kappa shape index (κ1) is 10.5. The Bertz CT molecular complexity index is 205. The molecule has 0 aromatic rings. The van der Waals surface area contributed by atoms with Crippen LogP contribution >= 0.6 is 0 Å². The van der Waals surface area contributed by atoms with E-state index < -0.39 is 0 Å². The Morgan fingerprint density at radius 2 is 1.64 bits per heavy atom. The fourth-order valence-electron chi connectivity index (χ4n) is 3.03. The molecule has 0 aliphatic heterocycles. The van der Waals surface area contributed by atoms with Crippen LogP contribution in [0.25, 0.3) is 0 Å². The largest absolute Gasteiger partial charge is 0.390 e. The maximum Gasteiger partial charge on any atom is 0.0676 e. The predicted molar refractivity (Wildman–Crippen MR) is 59.2 cm³/mol. The number of aliphatic hydroxyl groups is 1. The molecule has 1 nitrogen and oxygen atoms in total. The van der Waals surface area contributed by atoms with Crippen LogP contribution in [0.5, 0.6) is 0 Å². The quantitative estimate of drug-likeness (QED) is 0.636. The van der Waals surface area contributed by atoms with E-state index in [1.807, 2.05) is 0 Å². The lowest BCUT2D eigenvalue weighted by molar-refractivity contribution is -0.0632. The normalized spacial score (nSPS) is 38.8. The van der Waals surface area contributed by atoms with Crippen molar-refractivity contribution >= 4 is 0 Å². The molecule has 1 atom stereocenters. The third-order valence-corrected chi connectivity index (χ3v) is 4.56. The molecule has 2 aliphatic rings. The average molecular weight is 196 g/mol. The van der Waals surface area contributed by atoms with Crippen molar-refractivity contribution in [3.63, 3.8) is 0 Å². The molecular weight excluding hydrogens is 172 g/mol. The van der Waals surface area contributed by atoms with E-state index in [2.05, 4.69) is 13.8 Å². The second kappa shape index (κ2) is 3.52. The van der Waals surface area contributed by atoms with Gasteiger partial charge >= 0.3 is 0 Å². The molecule has 2 saturated carbocycles. The van der Waals surface area contributed by atoms with Crippen LogP contribution in [0.1, 0.15) is 65.2 Å². The lowest BCUT2D eigenvalue weighted by Gasteiger charge is -2.41. The van der Waals surface area contributed by atoms with Crippen molar-refractivity contribution in [2.24, 2.45) is 11.3 Å². The van der Waals surface area contributed by atoms with Gasteiger partial charge in [-0.05, 0) is 49.9 Å². The van der Waals surface area contributed by atoms with Crippen molar-refractivity contribution in [3.05, 3.63) is 0 Å². The van der Waals surface area contributed by atoms with Gasteiger partial charge in [0.2, 0.25) is 0 Å². The summed E-state index contributed by atoms with van der Waals surface area (Å²) in [4.78, 5) is 0. The minimum absolute atomic E-state index is 0.286. The van der Waals surface area contributed by atoms with Crippen molar-refractivity contribution in [3.8, 4) is 0 Å².